The third kappa shape index (κ3) is 4.38. The first-order valence-corrected chi connectivity index (χ1v) is 7.53. The van der Waals surface area contributed by atoms with E-state index in [-0.39, 0.29) is 23.7 Å². The fraction of sp³-hybridized carbons (Fsp3) is 0.0526. The van der Waals surface area contributed by atoms with Gasteiger partial charge in [0.05, 0.1) is 6.20 Å². The second kappa shape index (κ2) is 7.53. The minimum absolute atomic E-state index is 0.0414. The Morgan fingerprint density at radius 1 is 1.00 bits per heavy atom. The Labute approximate surface area is 143 Å². The lowest BCUT2D eigenvalue weighted by Crippen LogP contribution is -2.23. The normalized spacial score (nSPS) is 10.3. The van der Waals surface area contributed by atoms with E-state index in [9.17, 15) is 13.6 Å². The van der Waals surface area contributed by atoms with Gasteiger partial charge >= 0.3 is 0 Å². The van der Waals surface area contributed by atoms with Crippen LogP contribution in [0.5, 0.6) is 11.6 Å². The number of pyridine rings is 1. The third-order valence-electron chi connectivity index (χ3n) is 3.39. The number of aromatic nitrogens is 1. The van der Waals surface area contributed by atoms with Crippen molar-refractivity contribution in [3.05, 3.63) is 89.6 Å². The molecule has 0 atom stereocenters. The van der Waals surface area contributed by atoms with E-state index in [1.54, 1.807) is 0 Å². The molecule has 0 saturated heterocycles. The van der Waals surface area contributed by atoms with Crippen LogP contribution in [-0.2, 0) is 6.54 Å². The van der Waals surface area contributed by atoms with Crippen molar-refractivity contribution in [2.75, 3.05) is 0 Å². The summed E-state index contributed by atoms with van der Waals surface area (Å²) >= 11 is 0. The smallest absolute Gasteiger partial charge is 0.257 e. The van der Waals surface area contributed by atoms with Crippen molar-refractivity contribution in [2.45, 2.75) is 6.54 Å². The second-order valence-corrected chi connectivity index (χ2v) is 5.23. The third-order valence-corrected chi connectivity index (χ3v) is 3.39. The quantitative estimate of drug-likeness (QED) is 0.761. The van der Waals surface area contributed by atoms with Crippen molar-refractivity contribution in [3.63, 3.8) is 0 Å². The minimum Gasteiger partial charge on any atom is -0.438 e. The van der Waals surface area contributed by atoms with E-state index in [2.05, 4.69) is 10.3 Å². The van der Waals surface area contributed by atoms with E-state index >= 15 is 0 Å². The highest BCUT2D eigenvalue weighted by atomic mass is 19.1. The molecule has 1 aromatic heterocycles. The fourth-order valence-corrected chi connectivity index (χ4v) is 2.16. The summed E-state index contributed by atoms with van der Waals surface area (Å²) in [7, 11) is 0. The molecule has 0 aliphatic heterocycles. The summed E-state index contributed by atoms with van der Waals surface area (Å²) in [5.74, 6) is -1.36. The predicted molar refractivity (Wildman–Crippen MR) is 88.3 cm³/mol. The molecule has 1 heterocycles. The SMILES string of the molecule is O=C(NCc1ccccc1)c1cc(F)cnc1Oc1ccc(F)cc1. The van der Waals surface area contributed by atoms with Gasteiger partial charge in [0, 0.05) is 6.54 Å². The summed E-state index contributed by atoms with van der Waals surface area (Å²) in [6.45, 7) is 0.284. The molecule has 0 aliphatic rings. The largest absolute Gasteiger partial charge is 0.438 e. The van der Waals surface area contributed by atoms with Crippen LogP contribution in [0.3, 0.4) is 0 Å². The van der Waals surface area contributed by atoms with Crippen LogP contribution >= 0.6 is 0 Å². The molecule has 1 amide bonds. The zero-order valence-electron chi connectivity index (χ0n) is 13.1. The lowest BCUT2D eigenvalue weighted by molar-refractivity contribution is 0.0947. The molecule has 3 rings (SSSR count). The molecular weight excluding hydrogens is 326 g/mol. The van der Waals surface area contributed by atoms with Crippen LogP contribution in [0.1, 0.15) is 15.9 Å². The molecule has 4 nitrogen and oxygen atoms in total. The first kappa shape index (κ1) is 16.6. The summed E-state index contributed by atoms with van der Waals surface area (Å²) in [4.78, 5) is 16.2. The van der Waals surface area contributed by atoms with Crippen LogP contribution < -0.4 is 10.1 Å². The van der Waals surface area contributed by atoms with Crippen molar-refractivity contribution in [1.82, 2.24) is 10.3 Å². The van der Waals surface area contributed by atoms with Gasteiger partial charge in [-0.15, -0.1) is 0 Å². The summed E-state index contributed by atoms with van der Waals surface area (Å²) < 4.78 is 32.0. The standard InChI is InChI=1S/C19H14F2N2O2/c20-14-6-8-16(9-7-14)25-19-17(10-15(21)12-23-19)18(24)22-11-13-4-2-1-3-5-13/h1-10,12H,11H2,(H,22,24). The lowest BCUT2D eigenvalue weighted by atomic mass is 10.2. The fourth-order valence-electron chi connectivity index (χ4n) is 2.16. The Bertz CT molecular complexity index is 868. The molecule has 0 bridgehead atoms. The van der Waals surface area contributed by atoms with Gasteiger partial charge in [0.1, 0.15) is 22.9 Å². The number of hydrogen-bond donors (Lipinski definition) is 1. The lowest BCUT2D eigenvalue weighted by Gasteiger charge is -2.11. The number of nitrogens with one attached hydrogen (secondary N) is 1. The Morgan fingerprint density at radius 3 is 2.44 bits per heavy atom. The molecule has 0 saturated carbocycles. The number of ether oxygens (including phenoxy) is 1. The van der Waals surface area contributed by atoms with Gasteiger partial charge in [0.2, 0.25) is 5.88 Å². The maximum Gasteiger partial charge on any atom is 0.257 e. The average molecular weight is 340 g/mol. The van der Waals surface area contributed by atoms with Crippen molar-refractivity contribution in [1.29, 1.82) is 0 Å². The van der Waals surface area contributed by atoms with E-state index in [0.29, 0.717) is 0 Å². The number of benzene rings is 2. The van der Waals surface area contributed by atoms with Crippen molar-refractivity contribution >= 4 is 5.91 Å². The zero-order valence-corrected chi connectivity index (χ0v) is 13.1. The summed E-state index contributed by atoms with van der Waals surface area (Å²) in [6, 6.07) is 15.6. The predicted octanol–water partition coefficient (Wildman–Crippen LogP) is 4.08. The summed E-state index contributed by atoms with van der Waals surface area (Å²) in [5.41, 5.74) is 0.862. The number of amides is 1. The maximum atomic E-state index is 13.5. The average Bonchev–Trinajstić information content (AvgIpc) is 2.64. The number of nitrogens with zero attached hydrogens (tertiary/aromatic N) is 1. The number of rotatable bonds is 5. The monoisotopic (exact) mass is 340 g/mol. The van der Waals surface area contributed by atoms with Crippen molar-refractivity contribution in [3.8, 4) is 11.6 Å². The second-order valence-electron chi connectivity index (χ2n) is 5.23. The Balaban J connectivity index is 1.78. The molecule has 0 aliphatic carbocycles. The van der Waals surface area contributed by atoms with Crippen molar-refractivity contribution < 1.29 is 18.3 Å². The Morgan fingerprint density at radius 2 is 1.72 bits per heavy atom. The van der Waals surface area contributed by atoms with E-state index in [4.69, 9.17) is 4.74 Å². The summed E-state index contributed by atoms with van der Waals surface area (Å²) in [6.07, 6.45) is 0.951. The maximum absolute atomic E-state index is 13.5. The van der Waals surface area contributed by atoms with Gasteiger partial charge in [-0.2, -0.15) is 0 Å². The van der Waals surface area contributed by atoms with Crippen LogP contribution in [-0.4, -0.2) is 10.9 Å². The highest BCUT2D eigenvalue weighted by Crippen LogP contribution is 2.24. The van der Waals surface area contributed by atoms with Gasteiger partial charge < -0.3 is 10.1 Å². The number of carbonyl (C=O) groups excluding carboxylic acids is 1. The molecule has 0 unspecified atom stereocenters. The molecular formula is C19H14F2N2O2. The van der Waals surface area contributed by atoms with Crippen LogP contribution in [0, 0.1) is 11.6 Å². The van der Waals surface area contributed by atoms with E-state index in [1.807, 2.05) is 30.3 Å². The van der Waals surface area contributed by atoms with Gasteiger partial charge in [-0.05, 0) is 35.9 Å². The van der Waals surface area contributed by atoms with E-state index in [1.165, 1.54) is 24.3 Å². The number of carbonyl (C=O) groups is 1. The highest BCUT2D eigenvalue weighted by molar-refractivity contribution is 5.96. The highest BCUT2D eigenvalue weighted by Gasteiger charge is 2.16. The number of halogens is 2. The Kier molecular flexibility index (Phi) is 4.99. The number of hydrogen-bond acceptors (Lipinski definition) is 3. The van der Waals surface area contributed by atoms with Gasteiger partial charge in [0.25, 0.3) is 5.91 Å². The van der Waals surface area contributed by atoms with Gasteiger partial charge in [0.15, 0.2) is 0 Å². The molecule has 2 aromatic carbocycles. The zero-order chi connectivity index (χ0) is 17.6. The molecule has 25 heavy (non-hydrogen) atoms. The van der Waals surface area contributed by atoms with Gasteiger partial charge in [-0.25, -0.2) is 13.8 Å². The Hall–Kier alpha value is -3.28. The van der Waals surface area contributed by atoms with E-state index in [0.717, 1.165) is 17.8 Å². The summed E-state index contributed by atoms with van der Waals surface area (Å²) in [5, 5.41) is 2.69. The van der Waals surface area contributed by atoms with Gasteiger partial charge in [-0.3, -0.25) is 4.79 Å². The topological polar surface area (TPSA) is 51.2 Å². The molecule has 126 valence electrons. The minimum atomic E-state index is -0.656. The first-order chi connectivity index (χ1) is 12.1. The molecule has 3 aromatic rings. The van der Waals surface area contributed by atoms with Crippen LogP contribution in [0.15, 0.2) is 66.9 Å². The first-order valence-electron chi connectivity index (χ1n) is 7.53. The van der Waals surface area contributed by atoms with Gasteiger partial charge in [-0.1, -0.05) is 30.3 Å². The molecule has 0 radical (unpaired) electrons. The molecule has 0 spiro atoms. The van der Waals surface area contributed by atoms with Crippen molar-refractivity contribution in [2.24, 2.45) is 0 Å². The molecule has 0 fully saturated rings. The van der Waals surface area contributed by atoms with Crippen LogP contribution in [0.4, 0.5) is 8.78 Å². The molecule has 1 N–H and O–H groups in total. The molecule has 6 heteroatoms. The van der Waals surface area contributed by atoms with Crippen LogP contribution in [0.25, 0.3) is 0 Å². The van der Waals surface area contributed by atoms with E-state index < -0.39 is 17.5 Å². The van der Waals surface area contributed by atoms with Crippen LogP contribution in [0.2, 0.25) is 0 Å².